The fourth-order valence-electron chi connectivity index (χ4n) is 1.72. The molecule has 74 valence electrons. The Bertz CT molecular complexity index is 397. The molecule has 2 nitrogen and oxygen atoms in total. The zero-order valence-electron chi connectivity index (χ0n) is 9.33. The quantitative estimate of drug-likeness (QED) is 0.557. The van der Waals surface area contributed by atoms with Crippen LogP contribution in [0.15, 0.2) is 23.3 Å². The van der Waals surface area contributed by atoms with Crippen molar-refractivity contribution in [3.63, 3.8) is 0 Å². The molecule has 0 amide bonds. The Kier molecular flexibility index (Phi) is 1.95. The molecule has 0 spiro atoms. The molecule has 0 fully saturated rings. The number of benzene rings is 1. The summed E-state index contributed by atoms with van der Waals surface area (Å²) in [5, 5.41) is 4.36. The van der Waals surface area contributed by atoms with Crippen molar-refractivity contribution in [3.05, 3.63) is 29.3 Å². The Hall–Kier alpha value is -1.18. The third kappa shape index (κ3) is 1.45. The standard InChI is InChI=1S/C12H17N2/c1-12(2,3)10-6-5-9-8-13-14(4)11(9)7-10/h5-7H,8H2,1-4H3/q+1. The van der Waals surface area contributed by atoms with Crippen LogP contribution >= 0.6 is 0 Å². The van der Waals surface area contributed by atoms with Gasteiger partial charge in [0.05, 0.1) is 5.56 Å². The molecule has 0 aliphatic carbocycles. The van der Waals surface area contributed by atoms with Gasteiger partial charge in [0.1, 0.15) is 6.54 Å². The van der Waals surface area contributed by atoms with Crippen molar-refractivity contribution in [2.75, 3.05) is 7.05 Å². The molecular weight excluding hydrogens is 172 g/mol. The molecule has 0 saturated carbocycles. The smallest absolute Gasteiger partial charge is 0.0911 e. The predicted octanol–water partition coefficient (Wildman–Crippen LogP) is 3.22. The van der Waals surface area contributed by atoms with E-state index in [1.165, 1.54) is 16.8 Å². The second-order valence-corrected chi connectivity index (χ2v) is 4.92. The van der Waals surface area contributed by atoms with Crippen LogP contribution in [-0.4, -0.2) is 11.7 Å². The van der Waals surface area contributed by atoms with Crippen LogP contribution in [0.1, 0.15) is 31.9 Å². The average Bonchev–Trinajstić information content (AvgIpc) is 2.46. The fourth-order valence-corrected chi connectivity index (χ4v) is 1.72. The lowest BCUT2D eigenvalue weighted by molar-refractivity contribution is -0.476. The van der Waals surface area contributed by atoms with Crippen molar-refractivity contribution in [1.82, 2.24) is 0 Å². The average molecular weight is 189 g/mol. The predicted molar refractivity (Wildman–Crippen MR) is 57.1 cm³/mol. The minimum atomic E-state index is 0.221. The molecule has 0 atom stereocenters. The lowest BCUT2D eigenvalue weighted by Crippen LogP contribution is -2.11. The molecule has 1 heterocycles. The van der Waals surface area contributed by atoms with E-state index < -0.39 is 0 Å². The first kappa shape index (κ1) is 9.38. The lowest BCUT2D eigenvalue weighted by Gasteiger charge is -2.18. The SMILES string of the molecule is C[N+]1=NCc2ccc(C(C)(C)C)cc21. The summed E-state index contributed by atoms with van der Waals surface area (Å²) in [7, 11) is 2.01. The van der Waals surface area contributed by atoms with Gasteiger partial charge in [0.15, 0.2) is 7.05 Å². The summed E-state index contributed by atoms with van der Waals surface area (Å²) in [5.41, 5.74) is 4.19. The topological polar surface area (TPSA) is 15.4 Å². The van der Waals surface area contributed by atoms with Gasteiger partial charge in [0.25, 0.3) is 0 Å². The van der Waals surface area contributed by atoms with Crippen LogP contribution in [0.25, 0.3) is 0 Å². The molecule has 1 aliphatic heterocycles. The zero-order valence-corrected chi connectivity index (χ0v) is 9.33. The van der Waals surface area contributed by atoms with Crippen LogP contribution in [-0.2, 0) is 12.0 Å². The van der Waals surface area contributed by atoms with E-state index in [9.17, 15) is 0 Å². The maximum atomic E-state index is 4.36. The molecule has 14 heavy (non-hydrogen) atoms. The Morgan fingerprint density at radius 3 is 2.64 bits per heavy atom. The summed E-state index contributed by atoms with van der Waals surface area (Å²) in [6, 6.07) is 6.67. The maximum Gasteiger partial charge on any atom is 0.236 e. The lowest BCUT2D eigenvalue weighted by atomic mass is 9.86. The first-order valence-electron chi connectivity index (χ1n) is 5.03. The van der Waals surface area contributed by atoms with Crippen LogP contribution < -0.4 is 0 Å². The van der Waals surface area contributed by atoms with Gasteiger partial charge in [-0.05, 0) is 22.2 Å². The Morgan fingerprint density at radius 1 is 1.29 bits per heavy atom. The first-order chi connectivity index (χ1) is 6.48. The molecule has 1 aromatic rings. The number of hydrogen-bond acceptors (Lipinski definition) is 1. The van der Waals surface area contributed by atoms with E-state index in [4.69, 9.17) is 0 Å². The van der Waals surface area contributed by atoms with Crippen molar-refractivity contribution >= 4 is 5.69 Å². The minimum absolute atomic E-state index is 0.221. The summed E-state index contributed by atoms with van der Waals surface area (Å²) in [6.45, 7) is 7.54. The van der Waals surface area contributed by atoms with Crippen molar-refractivity contribution in [1.29, 1.82) is 0 Å². The highest BCUT2D eigenvalue weighted by molar-refractivity contribution is 5.45. The molecular formula is C12H17N2+. The van der Waals surface area contributed by atoms with Crippen LogP contribution in [0, 0.1) is 0 Å². The molecule has 1 aromatic carbocycles. The highest BCUT2D eigenvalue weighted by Crippen LogP contribution is 2.31. The van der Waals surface area contributed by atoms with Gasteiger partial charge in [0.2, 0.25) is 5.69 Å². The number of hydrogen-bond donors (Lipinski definition) is 0. The molecule has 0 radical (unpaired) electrons. The molecule has 0 unspecified atom stereocenters. The van der Waals surface area contributed by atoms with Crippen LogP contribution in [0.3, 0.4) is 0 Å². The largest absolute Gasteiger partial charge is 0.236 e. The number of rotatable bonds is 0. The van der Waals surface area contributed by atoms with Gasteiger partial charge in [-0.1, -0.05) is 31.5 Å². The van der Waals surface area contributed by atoms with Crippen molar-refractivity contribution in [2.24, 2.45) is 5.11 Å². The van der Waals surface area contributed by atoms with Crippen LogP contribution in [0.5, 0.6) is 0 Å². The van der Waals surface area contributed by atoms with Gasteiger partial charge >= 0.3 is 0 Å². The van der Waals surface area contributed by atoms with Gasteiger partial charge in [-0.15, -0.1) is 0 Å². The second-order valence-electron chi connectivity index (χ2n) is 4.92. The van der Waals surface area contributed by atoms with Crippen LogP contribution in [0.4, 0.5) is 5.69 Å². The molecule has 2 rings (SSSR count). The molecule has 0 N–H and O–H groups in total. The van der Waals surface area contributed by atoms with Crippen molar-refractivity contribution in [3.8, 4) is 0 Å². The van der Waals surface area contributed by atoms with E-state index in [1.807, 2.05) is 11.7 Å². The Morgan fingerprint density at radius 2 is 2.00 bits per heavy atom. The Balaban J connectivity index is 2.50. The third-order valence-electron chi connectivity index (χ3n) is 2.75. The molecule has 0 saturated heterocycles. The normalized spacial score (nSPS) is 15.3. The highest BCUT2D eigenvalue weighted by Gasteiger charge is 2.23. The van der Waals surface area contributed by atoms with Gasteiger partial charge in [-0.3, -0.25) is 0 Å². The molecule has 2 heteroatoms. The van der Waals surface area contributed by atoms with E-state index in [-0.39, 0.29) is 5.41 Å². The monoisotopic (exact) mass is 189 g/mol. The Labute approximate surface area is 85.3 Å². The van der Waals surface area contributed by atoms with E-state index in [1.54, 1.807) is 0 Å². The van der Waals surface area contributed by atoms with Crippen molar-refractivity contribution < 1.29 is 4.70 Å². The zero-order chi connectivity index (χ0) is 10.3. The highest BCUT2D eigenvalue weighted by atomic mass is 15.3. The third-order valence-corrected chi connectivity index (χ3v) is 2.75. The first-order valence-corrected chi connectivity index (χ1v) is 5.03. The number of azo groups is 2. The van der Waals surface area contributed by atoms with Gasteiger partial charge in [-0.25, -0.2) is 0 Å². The summed E-state index contributed by atoms with van der Waals surface area (Å²) in [6.07, 6.45) is 0. The van der Waals surface area contributed by atoms with Crippen molar-refractivity contribution in [2.45, 2.75) is 32.7 Å². The molecule has 1 aliphatic rings. The second kappa shape index (κ2) is 2.91. The van der Waals surface area contributed by atoms with Crippen LogP contribution in [0.2, 0.25) is 0 Å². The van der Waals surface area contributed by atoms with E-state index in [0.717, 1.165) is 6.54 Å². The van der Waals surface area contributed by atoms with Gasteiger partial charge in [0, 0.05) is 6.07 Å². The molecule has 0 aromatic heterocycles. The van der Waals surface area contributed by atoms with E-state index in [2.05, 4.69) is 44.1 Å². The van der Waals surface area contributed by atoms with E-state index >= 15 is 0 Å². The number of fused-ring (bicyclic) bond motifs is 1. The maximum absolute atomic E-state index is 4.36. The summed E-state index contributed by atoms with van der Waals surface area (Å²) < 4.78 is 1.98. The minimum Gasteiger partial charge on any atom is -0.0911 e. The van der Waals surface area contributed by atoms with Gasteiger partial charge < -0.3 is 0 Å². The summed E-state index contributed by atoms with van der Waals surface area (Å²) in [5.74, 6) is 0. The number of nitrogens with zero attached hydrogens (tertiary/aromatic N) is 2. The summed E-state index contributed by atoms with van der Waals surface area (Å²) >= 11 is 0. The molecule has 0 bridgehead atoms. The summed E-state index contributed by atoms with van der Waals surface area (Å²) in [4.78, 5) is 0. The fraction of sp³-hybridized carbons (Fsp3) is 0.500. The van der Waals surface area contributed by atoms with Gasteiger partial charge in [-0.2, -0.15) is 0 Å². The van der Waals surface area contributed by atoms with E-state index in [0.29, 0.717) is 0 Å².